The van der Waals surface area contributed by atoms with Gasteiger partial charge in [-0.3, -0.25) is 4.79 Å². The second-order valence-electron chi connectivity index (χ2n) is 5.37. The molecule has 2 N–H and O–H groups in total. The maximum absolute atomic E-state index is 12.4. The van der Waals surface area contributed by atoms with Crippen molar-refractivity contribution in [1.82, 2.24) is 4.90 Å². The fraction of sp³-hybridized carbons (Fsp3) is 0.533. The minimum atomic E-state index is -0.0106. The second-order valence-corrected chi connectivity index (χ2v) is 5.37. The van der Waals surface area contributed by atoms with Crippen LogP contribution >= 0.6 is 0 Å². The molecule has 1 aromatic carbocycles. The molecule has 0 aliphatic carbocycles. The van der Waals surface area contributed by atoms with E-state index in [1.165, 1.54) is 0 Å². The molecule has 0 saturated carbocycles. The lowest BCUT2D eigenvalue weighted by Gasteiger charge is -2.27. The van der Waals surface area contributed by atoms with Gasteiger partial charge in [-0.2, -0.15) is 0 Å². The number of hydrogen-bond acceptors (Lipinski definition) is 3. The Balaban J connectivity index is 2.06. The molecule has 1 aromatic rings. The topological polar surface area (TPSA) is 55.6 Å². The van der Waals surface area contributed by atoms with Crippen LogP contribution in [0, 0.1) is 5.92 Å². The Labute approximate surface area is 114 Å². The number of nitrogens with two attached hydrogens (primary N) is 1. The summed E-state index contributed by atoms with van der Waals surface area (Å²) in [6.07, 6.45) is 0.998. The van der Waals surface area contributed by atoms with Gasteiger partial charge in [-0.25, -0.2) is 0 Å². The highest BCUT2D eigenvalue weighted by Gasteiger charge is 2.32. The van der Waals surface area contributed by atoms with Crippen LogP contribution in [0.15, 0.2) is 24.3 Å². The van der Waals surface area contributed by atoms with Crippen LogP contribution in [0.3, 0.4) is 0 Å². The molecule has 3 atom stereocenters. The number of amides is 1. The monoisotopic (exact) mass is 262 g/mol. The molecule has 1 saturated heterocycles. The van der Waals surface area contributed by atoms with Crippen molar-refractivity contribution in [2.75, 3.05) is 19.4 Å². The molecule has 1 amide bonds. The summed E-state index contributed by atoms with van der Waals surface area (Å²) in [6, 6.07) is 7.71. The van der Waals surface area contributed by atoms with Crippen molar-refractivity contribution in [2.24, 2.45) is 5.92 Å². The van der Waals surface area contributed by atoms with E-state index >= 15 is 0 Å². The summed E-state index contributed by atoms with van der Waals surface area (Å²) in [4.78, 5) is 14.2. The first-order chi connectivity index (χ1) is 8.99. The number of hydrogen-bond donors (Lipinski definition) is 1. The Kier molecular flexibility index (Phi) is 4.10. The van der Waals surface area contributed by atoms with E-state index in [1.54, 1.807) is 4.90 Å². The van der Waals surface area contributed by atoms with Crippen molar-refractivity contribution in [3.63, 3.8) is 0 Å². The Hall–Kier alpha value is -1.55. The van der Waals surface area contributed by atoms with E-state index < -0.39 is 0 Å². The number of anilines is 1. The third-order valence-corrected chi connectivity index (χ3v) is 3.87. The van der Waals surface area contributed by atoms with Gasteiger partial charge in [-0.05, 0) is 38.0 Å². The normalized spacial score (nSPS) is 24.2. The van der Waals surface area contributed by atoms with Crippen LogP contribution in [0.5, 0.6) is 0 Å². The fourth-order valence-corrected chi connectivity index (χ4v) is 2.51. The minimum absolute atomic E-state index is 0.0106. The average molecular weight is 262 g/mol. The molecule has 0 aromatic heterocycles. The summed E-state index contributed by atoms with van der Waals surface area (Å²) in [5.41, 5.74) is 7.57. The van der Waals surface area contributed by atoms with E-state index in [4.69, 9.17) is 10.5 Å². The van der Waals surface area contributed by atoms with Crippen molar-refractivity contribution in [2.45, 2.75) is 32.4 Å². The number of ether oxygens (including phenoxy) is 1. The predicted molar refractivity (Wildman–Crippen MR) is 75.6 cm³/mol. The molecule has 19 heavy (non-hydrogen) atoms. The molecule has 4 nitrogen and oxygen atoms in total. The number of carbonyl (C=O) groups is 1. The highest BCUT2D eigenvalue weighted by atomic mass is 16.5. The van der Waals surface area contributed by atoms with Crippen LogP contribution in [-0.2, 0) is 9.53 Å². The standard InChI is InChI=1S/C15H22N2O2/c1-10-7-13(9-19-10)15(18)17(3)11(2)12-5-4-6-14(16)8-12/h4-6,8,10-11,13H,7,9,16H2,1-3H3. The van der Waals surface area contributed by atoms with Gasteiger partial charge in [-0.15, -0.1) is 0 Å². The molecule has 1 aliphatic rings. The molecule has 0 spiro atoms. The largest absolute Gasteiger partial charge is 0.399 e. The molecule has 3 unspecified atom stereocenters. The first kappa shape index (κ1) is 13.9. The maximum Gasteiger partial charge on any atom is 0.228 e. The van der Waals surface area contributed by atoms with Crippen LogP contribution in [0.25, 0.3) is 0 Å². The highest BCUT2D eigenvalue weighted by Crippen LogP contribution is 2.26. The van der Waals surface area contributed by atoms with E-state index in [9.17, 15) is 4.79 Å². The van der Waals surface area contributed by atoms with Gasteiger partial charge in [0.15, 0.2) is 0 Å². The van der Waals surface area contributed by atoms with Crippen LogP contribution in [-0.4, -0.2) is 30.6 Å². The van der Waals surface area contributed by atoms with Crippen molar-refractivity contribution in [3.8, 4) is 0 Å². The third kappa shape index (κ3) is 3.07. The molecule has 1 fully saturated rings. The van der Waals surface area contributed by atoms with Gasteiger partial charge >= 0.3 is 0 Å². The highest BCUT2D eigenvalue weighted by molar-refractivity contribution is 5.79. The lowest BCUT2D eigenvalue weighted by Crippen LogP contribution is -2.35. The van der Waals surface area contributed by atoms with Crippen molar-refractivity contribution in [3.05, 3.63) is 29.8 Å². The van der Waals surface area contributed by atoms with Crippen molar-refractivity contribution >= 4 is 11.6 Å². The van der Waals surface area contributed by atoms with Gasteiger partial charge < -0.3 is 15.4 Å². The zero-order valence-electron chi connectivity index (χ0n) is 11.8. The van der Waals surface area contributed by atoms with Crippen LogP contribution in [0.2, 0.25) is 0 Å². The molecule has 1 heterocycles. The van der Waals surface area contributed by atoms with E-state index in [0.29, 0.717) is 6.61 Å². The van der Waals surface area contributed by atoms with E-state index in [-0.39, 0.29) is 24.0 Å². The molecular weight excluding hydrogens is 240 g/mol. The minimum Gasteiger partial charge on any atom is -0.399 e. The first-order valence-electron chi connectivity index (χ1n) is 6.72. The van der Waals surface area contributed by atoms with Crippen molar-refractivity contribution in [1.29, 1.82) is 0 Å². The third-order valence-electron chi connectivity index (χ3n) is 3.87. The van der Waals surface area contributed by atoms with Crippen LogP contribution < -0.4 is 5.73 Å². The molecule has 0 bridgehead atoms. The summed E-state index contributed by atoms with van der Waals surface area (Å²) >= 11 is 0. The Bertz CT molecular complexity index is 461. The van der Waals surface area contributed by atoms with Gasteiger partial charge in [0.25, 0.3) is 0 Å². The summed E-state index contributed by atoms with van der Waals surface area (Å²) in [5.74, 6) is 0.141. The Morgan fingerprint density at radius 1 is 1.53 bits per heavy atom. The van der Waals surface area contributed by atoms with E-state index in [0.717, 1.165) is 17.7 Å². The van der Waals surface area contributed by atoms with Crippen LogP contribution in [0.1, 0.15) is 31.9 Å². The second kappa shape index (κ2) is 5.61. The smallest absolute Gasteiger partial charge is 0.228 e. The Morgan fingerprint density at radius 2 is 2.26 bits per heavy atom. The fourth-order valence-electron chi connectivity index (χ4n) is 2.51. The SMILES string of the molecule is CC1CC(C(=O)N(C)C(C)c2cccc(N)c2)CO1. The van der Waals surface area contributed by atoms with Crippen LogP contribution in [0.4, 0.5) is 5.69 Å². The quantitative estimate of drug-likeness (QED) is 0.850. The van der Waals surface area contributed by atoms with Gasteiger partial charge in [0.1, 0.15) is 0 Å². The zero-order valence-corrected chi connectivity index (χ0v) is 11.8. The van der Waals surface area contributed by atoms with Gasteiger partial charge in [0.05, 0.1) is 24.7 Å². The molecular formula is C15H22N2O2. The molecule has 4 heteroatoms. The number of nitrogen functional groups attached to an aromatic ring is 1. The molecule has 2 rings (SSSR count). The van der Waals surface area contributed by atoms with Gasteiger partial charge in [0.2, 0.25) is 5.91 Å². The van der Waals surface area contributed by atoms with Gasteiger partial charge in [-0.1, -0.05) is 12.1 Å². The summed E-state index contributed by atoms with van der Waals surface area (Å²) in [6.45, 7) is 4.56. The predicted octanol–water partition coefficient (Wildman–Crippen LogP) is 2.21. The van der Waals surface area contributed by atoms with Gasteiger partial charge in [0, 0.05) is 12.7 Å². The average Bonchev–Trinajstić information content (AvgIpc) is 2.83. The number of carbonyl (C=O) groups excluding carboxylic acids is 1. The lowest BCUT2D eigenvalue weighted by molar-refractivity contribution is -0.136. The number of rotatable bonds is 3. The number of benzene rings is 1. The summed E-state index contributed by atoms with van der Waals surface area (Å²) in [5, 5.41) is 0. The summed E-state index contributed by atoms with van der Waals surface area (Å²) in [7, 11) is 1.85. The Morgan fingerprint density at radius 3 is 2.84 bits per heavy atom. The van der Waals surface area contributed by atoms with Crippen molar-refractivity contribution < 1.29 is 9.53 Å². The number of nitrogens with zero attached hydrogens (tertiary/aromatic N) is 1. The van der Waals surface area contributed by atoms with E-state index in [2.05, 4.69) is 0 Å². The zero-order chi connectivity index (χ0) is 14.0. The van der Waals surface area contributed by atoms with E-state index in [1.807, 2.05) is 45.2 Å². The first-order valence-corrected chi connectivity index (χ1v) is 6.72. The molecule has 1 aliphatic heterocycles. The molecule has 0 radical (unpaired) electrons. The summed E-state index contributed by atoms with van der Waals surface area (Å²) < 4.78 is 5.47. The molecule has 104 valence electrons. The maximum atomic E-state index is 12.4. The lowest BCUT2D eigenvalue weighted by atomic mass is 10.0.